The molecule has 0 radical (unpaired) electrons. The molecule has 0 aliphatic heterocycles. The second-order valence-corrected chi connectivity index (χ2v) is 12.3. The Bertz CT molecular complexity index is 2900. The zero-order valence-corrected chi connectivity index (χ0v) is 26.7. The first kappa shape index (κ1) is 28.8. The Morgan fingerprint density at radius 2 is 0.940 bits per heavy atom. The Kier molecular flexibility index (Phi) is 6.56. The van der Waals surface area contributed by atoms with Crippen LogP contribution in [0, 0.1) is 34.0 Å². The lowest BCUT2D eigenvalue weighted by atomic mass is 9.95. The topological polar surface area (TPSA) is 81.2 Å². The van der Waals surface area contributed by atoms with E-state index in [1.165, 1.54) is 0 Å². The summed E-state index contributed by atoms with van der Waals surface area (Å²) >= 11 is 0. The maximum atomic E-state index is 10.6. The average Bonchev–Trinajstić information content (AvgIpc) is 3.69. The number of fused-ring (bicyclic) bond motifs is 6. The van der Waals surface area contributed by atoms with Crippen LogP contribution in [0.3, 0.4) is 0 Å². The minimum Gasteiger partial charge on any atom is -0.308 e. The third-order valence-corrected chi connectivity index (χ3v) is 9.66. The van der Waals surface area contributed by atoms with E-state index in [1.54, 1.807) is 0 Å². The van der Waals surface area contributed by atoms with Gasteiger partial charge in [0.1, 0.15) is 12.1 Å². The number of nitriles is 3. The summed E-state index contributed by atoms with van der Waals surface area (Å²) in [6.45, 7) is 0. The molecule has 0 amide bonds. The molecular weight excluding hydrogens is 611 g/mol. The number of nitrogens with zero attached hydrogens (tertiary/aromatic N) is 5. The van der Waals surface area contributed by atoms with Gasteiger partial charge in [0.05, 0.1) is 56.2 Å². The molecule has 2 heterocycles. The van der Waals surface area contributed by atoms with Gasteiger partial charge < -0.3 is 9.13 Å². The largest absolute Gasteiger partial charge is 0.308 e. The van der Waals surface area contributed by atoms with Gasteiger partial charge in [-0.05, 0) is 59.7 Å². The molecule has 50 heavy (non-hydrogen) atoms. The summed E-state index contributed by atoms with van der Waals surface area (Å²) in [4.78, 5) is 0. The van der Waals surface area contributed by atoms with Crippen LogP contribution < -0.4 is 0 Å². The van der Waals surface area contributed by atoms with Crippen molar-refractivity contribution in [1.82, 2.24) is 9.13 Å². The molecular formula is C45H25N5. The molecule has 0 spiro atoms. The summed E-state index contributed by atoms with van der Waals surface area (Å²) < 4.78 is 4.32. The van der Waals surface area contributed by atoms with Crippen molar-refractivity contribution in [2.24, 2.45) is 0 Å². The summed E-state index contributed by atoms with van der Waals surface area (Å²) in [6, 6.07) is 57.7. The zero-order valence-electron chi connectivity index (χ0n) is 26.7. The van der Waals surface area contributed by atoms with E-state index in [0.717, 1.165) is 77.2 Å². The van der Waals surface area contributed by atoms with Crippen LogP contribution in [0.15, 0.2) is 152 Å². The van der Waals surface area contributed by atoms with Gasteiger partial charge in [-0.15, -0.1) is 0 Å². The van der Waals surface area contributed by atoms with Crippen molar-refractivity contribution in [3.63, 3.8) is 0 Å². The summed E-state index contributed by atoms with van der Waals surface area (Å²) in [7, 11) is 0. The number of rotatable bonds is 4. The minimum atomic E-state index is 0.546. The van der Waals surface area contributed by atoms with Crippen LogP contribution in [0.25, 0.3) is 77.2 Å². The fraction of sp³-hybridized carbons (Fsp3) is 0. The highest BCUT2D eigenvalue weighted by atomic mass is 15.0. The van der Waals surface area contributed by atoms with Crippen molar-refractivity contribution in [3.05, 3.63) is 168 Å². The number of hydrogen-bond acceptors (Lipinski definition) is 3. The Hall–Kier alpha value is -7.39. The number of para-hydroxylation sites is 4. The van der Waals surface area contributed by atoms with Crippen LogP contribution in [0.5, 0.6) is 0 Å². The van der Waals surface area contributed by atoms with E-state index in [-0.39, 0.29) is 0 Å². The van der Waals surface area contributed by atoms with Gasteiger partial charge in [0.15, 0.2) is 0 Å². The molecule has 0 saturated heterocycles. The van der Waals surface area contributed by atoms with Crippen LogP contribution in [-0.2, 0) is 0 Å². The maximum absolute atomic E-state index is 10.6. The zero-order chi connectivity index (χ0) is 33.8. The van der Waals surface area contributed by atoms with Gasteiger partial charge >= 0.3 is 0 Å². The van der Waals surface area contributed by atoms with E-state index in [1.807, 2.05) is 91.0 Å². The molecule has 0 saturated carbocycles. The first-order valence-electron chi connectivity index (χ1n) is 16.3. The van der Waals surface area contributed by atoms with Gasteiger partial charge in [-0.25, -0.2) is 0 Å². The van der Waals surface area contributed by atoms with E-state index in [2.05, 4.69) is 88.0 Å². The molecule has 2 aromatic heterocycles. The summed E-state index contributed by atoms with van der Waals surface area (Å²) in [6.07, 6.45) is 0. The van der Waals surface area contributed by atoms with Gasteiger partial charge in [0.2, 0.25) is 0 Å². The third-order valence-electron chi connectivity index (χ3n) is 9.66. The summed E-state index contributed by atoms with van der Waals surface area (Å²) in [5.74, 6) is 0. The van der Waals surface area contributed by atoms with E-state index in [0.29, 0.717) is 16.7 Å². The quantitative estimate of drug-likeness (QED) is 0.193. The van der Waals surface area contributed by atoms with Gasteiger partial charge in [-0.3, -0.25) is 0 Å². The lowest BCUT2D eigenvalue weighted by Crippen LogP contribution is -2.01. The highest BCUT2D eigenvalue weighted by Crippen LogP contribution is 2.40. The fourth-order valence-corrected chi connectivity index (χ4v) is 7.49. The predicted molar refractivity (Wildman–Crippen MR) is 200 cm³/mol. The van der Waals surface area contributed by atoms with E-state index < -0.39 is 0 Å². The predicted octanol–water partition coefficient (Wildman–Crippen LogP) is 10.8. The molecule has 0 aliphatic rings. The van der Waals surface area contributed by atoms with Crippen LogP contribution in [0.2, 0.25) is 0 Å². The highest BCUT2D eigenvalue weighted by molar-refractivity contribution is 6.11. The van der Waals surface area contributed by atoms with Crippen molar-refractivity contribution in [2.75, 3.05) is 0 Å². The van der Waals surface area contributed by atoms with Crippen molar-refractivity contribution >= 4 is 43.6 Å². The second-order valence-electron chi connectivity index (χ2n) is 12.3. The average molecular weight is 636 g/mol. The standard InChI is InChI=1S/C45H25N5/c46-26-29-19-24-44-38(25-29)37-12-3-6-17-42(37)50(44)45-32(27-47)9-7-14-34(45)31-22-20-30(21-23-31)33-13-8-18-43(39(33)28-48)49-40-15-4-1-10-35(40)36-11-2-5-16-41(36)49/h1-25H. The molecule has 0 unspecified atom stereocenters. The van der Waals surface area contributed by atoms with Crippen molar-refractivity contribution < 1.29 is 0 Å². The monoisotopic (exact) mass is 635 g/mol. The molecule has 5 heteroatoms. The molecule has 0 N–H and O–H groups in total. The number of benzene rings is 7. The molecule has 5 nitrogen and oxygen atoms in total. The Morgan fingerprint density at radius 3 is 1.56 bits per heavy atom. The number of aromatic nitrogens is 2. The Labute approximate surface area is 287 Å². The smallest absolute Gasteiger partial charge is 0.102 e. The number of hydrogen-bond donors (Lipinski definition) is 0. The van der Waals surface area contributed by atoms with Crippen LogP contribution in [-0.4, -0.2) is 9.13 Å². The van der Waals surface area contributed by atoms with Crippen LogP contribution in [0.4, 0.5) is 0 Å². The van der Waals surface area contributed by atoms with Gasteiger partial charge in [-0.1, -0.05) is 103 Å². The van der Waals surface area contributed by atoms with Crippen LogP contribution in [0.1, 0.15) is 16.7 Å². The summed E-state index contributed by atoms with van der Waals surface area (Å²) in [5.41, 5.74) is 10.9. The lowest BCUT2D eigenvalue weighted by Gasteiger charge is -2.17. The van der Waals surface area contributed by atoms with Gasteiger partial charge in [-0.2, -0.15) is 15.8 Å². The van der Waals surface area contributed by atoms with E-state index in [9.17, 15) is 15.8 Å². The maximum Gasteiger partial charge on any atom is 0.102 e. The molecule has 0 bridgehead atoms. The Balaban J connectivity index is 1.21. The molecule has 0 atom stereocenters. The first-order chi connectivity index (χ1) is 24.7. The van der Waals surface area contributed by atoms with Crippen molar-refractivity contribution in [1.29, 1.82) is 15.8 Å². The molecule has 0 fully saturated rings. The molecule has 230 valence electrons. The minimum absolute atomic E-state index is 0.546. The first-order valence-corrected chi connectivity index (χ1v) is 16.3. The molecule has 7 aromatic carbocycles. The molecule has 0 aliphatic carbocycles. The third kappa shape index (κ3) is 4.24. The molecule has 9 rings (SSSR count). The normalized spacial score (nSPS) is 11.1. The van der Waals surface area contributed by atoms with Crippen molar-refractivity contribution in [2.45, 2.75) is 0 Å². The second kappa shape index (κ2) is 11.4. The van der Waals surface area contributed by atoms with E-state index in [4.69, 9.17) is 0 Å². The fourth-order valence-electron chi connectivity index (χ4n) is 7.49. The van der Waals surface area contributed by atoms with Gasteiger partial charge in [0.25, 0.3) is 0 Å². The molecule has 9 aromatic rings. The Morgan fingerprint density at radius 1 is 0.400 bits per heavy atom. The van der Waals surface area contributed by atoms with Gasteiger partial charge in [0, 0.05) is 32.7 Å². The van der Waals surface area contributed by atoms with Crippen molar-refractivity contribution in [3.8, 4) is 51.8 Å². The van der Waals surface area contributed by atoms with Crippen LogP contribution >= 0.6 is 0 Å². The van der Waals surface area contributed by atoms with E-state index >= 15 is 0 Å². The lowest BCUT2D eigenvalue weighted by molar-refractivity contribution is 1.17. The highest BCUT2D eigenvalue weighted by Gasteiger charge is 2.20. The summed E-state index contributed by atoms with van der Waals surface area (Å²) in [5, 5.41) is 34.9. The SMILES string of the molecule is N#Cc1ccc2c(c1)c1ccccc1n2-c1c(C#N)cccc1-c1ccc(-c2cccc(-n3c4ccccc4c4ccccc43)c2C#N)cc1.